The molecule has 31 heavy (non-hydrogen) atoms. The molecule has 0 saturated carbocycles. The monoisotopic (exact) mass is 415 g/mol. The minimum absolute atomic E-state index is 0.0894. The molecule has 0 aliphatic rings. The van der Waals surface area contributed by atoms with Gasteiger partial charge in [-0.3, -0.25) is 14.0 Å². The summed E-state index contributed by atoms with van der Waals surface area (Å²) < 4.78 is 12.6. The van der Waals surface area contributed by atoms with Crippen LogP contribution < -0.4 is 20.3 Å². The van der Waals surface area contributed by atoms with Crippen molar-refractivity contribution in [3.05, 3.63) is 100 Å². The van der Waals surface area contributed by atoms with Crippen LogP contribution in [-0.4, -0.2) is 22.4 Å². The first kappa shape index (κ1) is 20.2. The lowest BCUT2D eigenvalue weighted by Crippen LogP contribution is -2.17. The molecule has 1 N–H and O–H groups in total. The molecule has 7 nitrogen and oxygen atoms in total. The Hall–Kier alpha value is -4.13. The predicted octanol–water partition coefficient (Wildman–Crippen LogP) is 3.84. The second kappa shape index (κ2) is 8.71. The smallest absolute Gasteiger partial charge is 0.258 e. The Balaban J connectivity index is 1.54. The Morgan fingerprint density at radius 2 is 1.90 bits per heavy atom. The van der Waals surface area contributed by atoms with Crippen molar-refractivity contribution in [1.29, 1.82) is 0 Å². The van der Waals surface area contributed by atoms with Crippen molar-refractivity contribution in [3.8, 4) is 11.5 Å². The van der Waals surface area contributed by atoms with Crippen LogP contribution in [0.3, 0.4) is 0 Å². The van der Waals surface area contributed by atoms with Gasteiger partial charge in [0.15, 0.2) is 0 Å². The number of para-hydroxylation sites is 2. The molecule has 0 unspecified atom stereocenters. The number of rotatable bonds is 6. The number of hydrogen-bond donors (Lipinski definition) is 1. The topological polar surface area (TPSA) is 81.9 Å². The molecule has 0 aliphatic carbocycles. The number of fused-ring (bicyclic) bond motifs is 1. The van der Waals surface area contributed by atoms with Crippen LogP contribution in [0.2, 0.25) is 0 Å². The van der Waals surface area contributed by atoms with Gasteiger partial charge >= 0.3 is 0 Å². The van der Waals surface area contributed by atoms with E-state index >= 15 is 0 Å². The van der Waals surface area contributed by atoms with E-state index in [4.69, 9.17) is 9.47 Å². The molecule has 0 fully saturated rings. The first-order chi connectivity index (χ1) is 15.0. The third-order valence-electron chi connectivity index (χ3n) is 4.78. The fourth-order valence-corrected chi connectivity index (χ4v) is 3.19. The zero-order valence-corrected chi connectivity index (χ0v) is 17.2. The largest absolute Gasteiger partial charge is 0.497 e. The lowest BCUT2D eigenvalue weighted by atomic mass is 10.2. The molecule has 0 aliphatic heterocycles. The van der Waals surface area contributed by atoms with Gasteiger partial charge in [-0.15, -0.1) is 0 Å². The summed E-state index contributed by atoms with van der Waals surface area (Å²) in [4.78, 5) is 29.6. The van der Waals surface area contributed by atoms with Crippen molar-refractivity contribution in [1.82, 2.24) is 9.38 Å². The van der Waals surface area contributed by atoms with Crippen LogP contribution in [0.4, 0.5) is 5.69 Å². The average molecular weight is 415 g/mol. The van der Waals surface area contributed by atoms with Crippen molar-refractivity contribution >= 4 is 17.2 Å². The number of anilines is 1. The van der Waals surface area contributed by atoms with Crippen LogP contribution in [0, 0.1) is 6.92 Å². The van der Waals surface area contributed by atoms with E-state index in [2.05, 4.69) is 10.3 Å². The third kappa shape index (κ3) is 4.40. The van der Waals surface area contributed by atoms with Gasteiger partial charge in [-0.2, -0.15) is 0 Å². The fourth-order valence-electron chi connectivity index (χ4n) is 3.19. The molecule has 156 valence electrons. The van der Waals surface area contributed by atoms with E-state index in [0.717, 1.165) is 5.56 Å². The van der Waals surface area contributed by atoms with Gasteiger partial charge in [-0.25, -0.2) is 4.98 Å². The Labute approximate surface area is 178 Å². The molecule has 0 atom stereocenters. The number of ether oxygens (including phenoxy) is 2. The molecule has 0 saturated heterocycles. The van der Waals surface area contributed by atoms with Gasteiger partial charge in [0, 0.05) is 17.8 Å². The van der Waals surface area contributed by atoms with Crippen LogP contribution in [0.15, 0.2) is 77.7 Å². The SMILES string of the molecule is COc1cccc(C(=O)Nc2ccccc2OCc2cc(=O)n3cccc(C)c3n2)c1. The number of amides is 1. The van der Waals surface area contributed by atoms with E-state index in [-0.39, 0.29) is 18.1 Å². The van der Waals surface area contributed by atoms with E-state index in [1.54, 1.807) is 55.8 Å². The van der Waals surface area contributed by atoms with Crippen LogP contribution >= 0.6 is 0 Å². The molecule has 2 heterocycles. The highest BCUT2D eigenvalue weighted by Crippen LogP contribution is 2.25. The standard InChI is InChI=1S/C24H21N3O4/c1-16-7-6-12-27-22(28)14-18(25-23(16)27)15-31-21-11-4-3-10-20(21)26-24(29)17-8-5-9-19(13-17)30-2/h3-14H,15H2,1-2H3,(H,26,29). The van der Waals surface area contributed by atoms with Gasteiger partial charge in [0.25, 0.3) is 11.5 Å². The summed E-state index contributed by atoms with van der Waals surface area (Å²) in [5.41, 5.74) is 2.80. The highest BCUT2D eigenvalue weighted by molar-refractivity contribution is 6.05. The molecule has 0 radical (unpaired) electrons. The molecule has 4 aromatic rings. The van der Waals surface area contributed by atoms with E-state index in [1.165, 1.54) is 10.5 Å². The second-order valence-electron chi connectivity index (χ2n) is 6.94. The van der Waals surface area contributed by atoms with Gasteiger partial charge in [-0.1, -0.05) is 24.3 Å². The van der Waals surface area contributed by atoms with Gasteiger partial charge < -0.3 is 14.8 Å². The van der Waals surface area contributed by atoms with E-state index < -0.39 is 0 Å². The first-order valence-corrected chi connectivity index (χ1v) is 9.70. The maximum Gasteiger partial charge on any atom is 0.258 e. The van der Waals surface area contributed by atoms with Gasteiger partial charge in [0.1, 0.15) is 23.8 Å². The molecular weight excluding hydrogens is 394 g/mol. The van der Waals surface area contributed by atoms with Gasteiger partial charge in [-0.05, 0) is 48.9 Å². The van der Waals surface area contributed by atoms with Gasteiger partial charge in [0.2, 0.25) is 0 Å². The summed E-state index contributed by atoms with van der Waals surface area (Å²) >= 11 is 0. The Morgan fingerprint density at radius 3 is 2.74 bits per heavy atom. The lowest BCUT2D eigenvalue weighted by Gasteiger charge is -2.13. The molecule has 2 aromatic carbocycles. The number of aromatic nitrogens is 2. The number of hydrogen-bond acceptors (Lipinski definition) is 5. The number of nitrogens with zero attached hydrogens (tertiary/aromatic N) is 2. The predicted molar refractivity (Wildman–Crippen MR) is 118 cm³/mol. The minimum atomic E-state index is -0.285. The Morgan fingerprint density at radius 1 is 1.06 bits per heavy atom. The summed E-state index contributed by atoms with van der Waals surface area (Å²) in [7, 11) is 1.55. The first-order valence-electron chi connectivity index (χ1n) is 9.70. The zero-order chi connectivity index (χ0) is 21.8. The number of carbonyl (C=O) groups is 1. The number of methoxy groups -OCH3 is 1. The van der Waals surface area contributed by atoms with E-state index in [0.29, 0.717) is 34.1 Å². The zero-order valence-electron chi connectivity index (χ0n) is 17.2. The number of benzene rings is 2. The van der Waals surface area contributed by atoms with Crippen LogP contribution in [0.1, 0.15) is 21.6 Å². The van der Waals surface area contributed by atoms with Crippen molar-refractivity contribution in [2.24, 2.45) is 0 Å². The summed E-state index contributed by atoms with van der Waals surface area (Å²) in [5.74, 6) is 0.791. The quantitative estimate of drug-likeness (QED) is 0.517. The Bertz CT molecular complexity index is 1310. The Kier molecular flexibility index (Phi) is 5.66. The lowest BCUT2D eigenvalue weighted by molar-refractivity contribution is 0.102. The molecule has 0 bridgehead atoms. The fraction of sp³-hybridized carbons (Fsp3) is 0.125. The number of aryl methyl sites for hydroxylation is 1. The second-order valence-corrected chi connectivity index (χ2v) is 6.94. The maximum absolute atomic E-state index is 12.7. The molecule has 7 heteroatoms. The van der Waals surface area contributed by atoms with Gasteiger partial charge in [0.05, 0.1) is 18.5 Å². The summed E-state index contributed by atoms with van der Waals surface area (Å²) in [6.45, 7) is 1.99. The normalized spacial score (nSPS) is 10.6. The molecule has 4 rings (SSSR count). The van der Waals surface area contributed by atoms with Crippen molar-refractivity contribution in [2.45, 2.75) is 13.5 Å². The maximum atomic E-state index is 12.7. The molecular formula is C24H21N3O4. The van der Waals surface area contributed by atoms with E-state index in [9.17, 15) is 9.59 Å². The highest BCUT2D eigenvalue weighted by Gasteiger charge is 2.12. The summed E-state index contributed by atoms with van der Waals surface area (Å²) in [6.07, 6.45) is 1.69. The molecule has 0 spiro atoms. The van der Waals surface area contributed by atoms with Crippen LogP contribution in [-0.2, 0) is 6.61 Å². The highest BCUT2D eigenvalue weighted by atomic mass is 16.5. The van der Waals surface area contributed by atoms with E-state index in [1.807, 2.05) is 25.1 Å². The third-order valence-corrected chi connectivity index (χ3v) is 4.78. The minimum Gasteiger partial charge on any atom is -0.497 e. The van der Waals surface area contributed by atoms with Crippen molar-refractivity contribution in [3.63, 3.8) is 0 Å². The summed E-state index contributed by atoms with van der Waals surface area (Å²) in [5, 5.41) is 2.86. The molecule has 1 amide bonds. The van der Waals surface area contributed by atoms with Crippen LogP contribution in [0.25, 0.3) is 5.65 Å². The van der Waals surface area contributed by atoms with Crippen molar-refractivity contribution in [2.75, 3.05) is 12.4 Å². The van der Waals surface area contributed by atoms with Crippen LogP contribution in [0.5, 0.6) is 11.5 Å². The van der Waals surface area contributed by atoms with Crippen molar-refractivity contribution < 1.29 is 14.3 Å². The number of nitrogens with one attached hydrogen (secondary N) is 1. The molecule has 2 aromatic heterocycles. The number of pyridine rings is 1. The summed E-state index contributed by atoms with van der Waals surface area (Å²) in [6, 6.07) is 19.2. The number of carbonyl (C=O) groups excluding carboxylic acids is 1. The average Bonchev–Trinajstić information content (AvgIpc) is 2.79.